The maximum absolute atomic E-state index is 11.9. The third-order valence-electron chi connectivity index (χ3n) is 2.88. The Labute approximate surface area is 114 Å². The van der Waals surface area contributed by atoms with E-state index in [0.717, 1.165) is 0 Å². The summed E-state index contributed by atoms with van der Waals surface area (Å²) in [7, 11) is 0. The molecule has 6 heteroatoms. The largest absolute Gasteiger partial charge is 0.504 e. The Bertz CT molecular complexity index is 752. The molecular weight excluding hydrogens is 256 g/mol. The van der Waals surface area contributed by atoms with Gasteiger partial charge in [-0.1, -0.05) is 0 Å². The van der Waals surface area contributed by atoms with Gasteiger partial charge in [0.2, 0.25) is 0 Å². The number of fused-ring (bicyclic) bond motifs is 1. The molecule has 0 unspecified atom stereocenters. The van der Waals surface area contributed by atoms with E-state index in [0.29, 0.717) is 23.4 Å². The van der Waals surface area contributed by atoms with Crippen LogP contribution < -0.4 is 5.32 Å². The quantitative estimate of drug-likeness (QED) is 0.751. The predicted octanol–water partition coefficient (Wildman–Crippen LogP) is 1.36. The second-order valence-electron chi connectivity index (χ2n) is 4.28. The van der Waals surface area contributed by atoms with E-state index >= 15 is 0 Å². The van der Waals surface area contributed by atoms with Crippen LogP contribution in [0.15, 0.2) is 49.1 Å². The maximum Gasteiger partial charge on any atom is 0.251 e. The summed E-state index contributed by atoms with van der Waals surface area (Å²) in [6.07, 6.45) is 6.69. The number of hydrogen-bond donors (Lipinski definition) is 2. The molecule has 0 radical (unpaired) electrons. The van der Waals surface area contributed by atoms with Crippen LogP contribution in [0.2, 0.25) is 0 Å². The molecule has 1 amide bonds. The van der Waals surface area contributed by atoms with Crippen molar-refractivity contribution < 1.29 is 9.90 Å². The van der Waals surface area contributed by atoms with Crippen molar-refractivity contribution in [3.05, 3.63) is 60.3 Å². The molecule has 0 bridgehead atoms. The third kappa shape index (κ3) is 2.31. The number of nitrogens with zero attached hydrogens (tertiary/aromatic N) is 3. The minimum Gasteiger partial charge on any atom is -0.504 e. The van der Waals surface area contributed by atoms with Gasteiger partial charge in [-0.25, -0.2) is 4.98 Å². The molecule has 3 heterocycles. The van der Waals surface area contributed by atoms with Crippen LogP contribution in [-0.4, -0.2) is 25.4 Å². The minimum absolute atomic E-state index is 0.110. The van der Waals surface area contributed by atoms with Gasteiger partial charge in [-0.15, -0.1) is 0 Å². The fourth-order valence-electron chi connectivity index (χ4n) is 1.91. The van der Waals surface area contributed by atoms with Crippen molar-refractivity contribution in [1.29, 1.82) is 0 Å². The van der Waals surface area contributed by atoms with E-state index in [1.54, 1.807) is 53.5 Å². The van der Waals surface area contributed by atoms with Crippen LogP contribution in [0.1, 0.15) is 16.1 Å². The number of aromatic nitrogens is 3. The molecule has 0 saturated heterocycles. The molecule has 2 N–H and O–H groups in total. The molecule has 0 atom stereocenters. The Balaban J connectivity index is 1.74. The zero-order valence-electron chi connectivity index (χ0n) is 10.5. The number of imidazole rings is 1. The van der Waals surface area contributed by atoms with E-state index < -0.39 is 0 Å². The van der Waals surface area contributed by atoms with Gasteiger partial charge in [0, 0.05) is 30.4 Å². The molecule has 0 aromatic carbocycles. The van der Waals surface area contributed by atoms with Gasteiger partial charge in [0.15, 0.2) is 11.4 Å². The van der Waals surface area contributed by atoms with Gasteiger partial charge < -0.3 is 14.8 Å². The van der Waals surface area contributed by atoms with Gasteiger partial charge in [0.05, 0.1) is 12.2 Å². The van der Waals surface area contributed by atoms with Gasteiger partial charge in [0.25, 0.3) is 5.91 Å². The van der Waals surface area contributed by atoms with Crippen LogP contribution in [0.25, 0.3) is 5.65 Å². The SMILES string of the molecule is O=C(NCc1cn2cccc(O)c2n1)c1ccncc1. The summed E-state index contributed by atoms with van der Waals surface area (Å²) in [4.78, 5) is 20.0. The van der Waals surface area contributed by atoms with Crippen molar-refractivity contribution in [1.82, 2.24) is 19.7 Å². The summed E-state index contributed by atoms with van der Waals surface area (Å²) in [5.74, 6) is -0.0760. The number of amides is 1. The van der Waals surface area contributed by atoms with Gasteiger partial charge >= 0.3 is 0 Å². The molecule has 0 aliphatic carbocycles. The zero-order valence-corrected chi connectivity index (χ0v) is 10.5. The Morgan fingerprint density at radius 3 is 2.85 bits per heavy atom. The van der Waals surface area contributed by atoms with E-state index in [-0.39, 0.29) is 11.7 Å². The van der Waals surface area contributed by atoms with E-state index in [9.17, 15) is 9.90 Å². The lowest BCUT2D eigenvalue weighted by Gasteiger charge is -2.02. The van der Waals surface area contributed by atoms with Crippen molar-refractivity contribution in [3.63, 3.8) is 0 Å². The maximum atomic E-state index is 11.9. The van der Waals surface area contributed by atoms with Crippen molar-refractivity contribution in [3.8, 4) is 5.75 Å². The summed E-state index contributed by atoms with van der Waals surface area (Å²) in [6, 6.07) is 6.58. The van der Waals surface area contributed by atoms with Crippen LogP contribution in [0.3, 0.4) is 0 Å². The van der Waals surface area contributed by atoms with Crippen LogP contribution in [0, 0.1) is 0 Å². The van der Waals surface area contributed by atoms with E-state index in [1.165, 1.54) is 0 Å². The predicted molar refractivity (Wildman–Crippen MR) is 72.3 cm³/mol. The summed E-state index contributed by atoms with van der Waals surface area (Å²) >= 11 is 0. The van der Waals surface area contributed by atoms with Crippen molar-refractivity contribution in [2.75, 3.05) is 0 Å². The number of carbonyl (C=O) groups is 1. The van der Waals surface area contributed by atoms with Crippen LogP contribution in [0.4, 0.5) is 0 Å². The second kappa shape index (κ2) is 5.00. The van der Waals surface area contributed by atoms with Crippen molar-refractivity contribution in [2.24, 2.45) is 0 Å². The highest BCUT2D eigenvalue weighted by molar-refractivity contribution is 5.93. The highest BCUT2D eigenvalue weighted by Gasteiger charge is 2.08. The first-order valence-corrected chi connectivity index (χ1v) is 6.08. The molecule has 20 heavy (non-hydrogen) atoms. The van der Waals surface area contributed by atoms with Gasteiger partial charge in [-0.2, -0.15) is 0 Å². The molecule has 0 spiro atoms. The normalized spacial score (nSPS) is 10.6. The summed E-state index contributed by atoms with van der Waals surface area (Å²) in [6.45, 7) is 0.294. The standard InChI is InChI=1S/C14H12N4O2/c19-12-2-1-7-18-9-11(17-13(12)18)8-16-14(20)10-3-5-15-6-4-10/h1-7,9,19H,8H2,(H,16,20). The lowest BCUT2D eigenvalue weighted by molar-refractivity contribution is 0.0950. The van der Waals surface area contributed by atoms with Crippen LogP contribution >= 0.6 is 0 Å². The smallest absolute Gasteiger partial charge is 0.251 e. The Morgan fingerprint density at radius 1 is 1.30 bits per heavy atom. The van der Waals surface area contributed by atoms with Crippen molar-refractivity contribution in [2.45, 2.75) is 6.54 Å². The van der Waals surface area contributed by atoms with E-state index in [1.807, 2.05) is 0 Å². The summed E-state index contributed by atoms with van der Waals surface area (Å²) in [5.41, 5.74) is 1.70. The zero-order chi connectivity index (χ0) is 13.9. The Kier molecular flexibility index (Phi) is 3.04. The molecule has 0 aliphatic rings. The fraction of sp³-hybridized carbons (Fsp3) is 0.0714. The molecule has 100 valence electrons. The lowest BCUT2D eigenvalue weighted by atomic mass is 10.2. The molecular formula is C14H12N4O2. The number of rotatable bonds is 3. The van der Waals surface area contributed by atoms with E-state index in [2.05, 4.69) is 15.3 Å². The highest BCUT2D eigenvalue weighted by atomic mass is 16.3. The third-order valence-corrected chi connectivity index (χ3v) is 2.88. The molecule has 6 nitrogen and oxygen atoms in total. The number of carbonyl (C=O) groups excluding carboxylic acids is 1. The molecule has 0 saturated carbocycles. The average molecular weight is 268 g/mol. The number of hydrogen-bond acceptors (Lipinski definition) is 4. The van der Waals surface area contributed by atoms with Crippen LogP contribution in [0.5, 0.6) is 5.75 Å². The van der Waals surface area contributed by atoms with Crippen LogP contribution in [-0.2, 0) is 6.54 Å². The van der Waals surface area contributed by atoms with Gasteiger partial charge in [0.1, 0.15) is 0 Å². The first-order valence-electron chi connectivity index (χ1n) is 6.08. The monoisotopic (exact) mass is 268 g/mol. The fourth-order valence-corrected chi connectivity index (χ4v) is 1.91. The first-order chi connectivity index (χ1) is 9.74. The summed E-state index contributed by atoms with van der Waals surface area (Å²) in [5, 5.41) is 12.4. The van der Waals surface area contributed by atoms with Gasteiger partial charge in [-0.3, -0.25) is 9.78 Å². The molecule has 0 fully saturated rings. The lowest BCUT2D eigenvalue weighted by Crippen LogP contribution is -2.22. The Morgan fingerprint density at radius 2 is 2.10 bits per heavy atom. The minimum atomic E-state index is -0.186. The summed E-state index contributed by atoms with van der Waals surface area (Å²) < 4.78 is 1.71. The Hall–Kier alpha value is -2.89. The van der Waals surface area contributed by atoms with E-state index in [4.69, 9.17) is 0 Å². The topological polar surface area (TPSA) is 79.5 Å². The second-order valence-corrected chi connectivity index (χ2v) is 4.28. The first kappa shape index (κ1) is 12.2. The molecule has 3 aromatic heterocycles. The highest BCUT2D eigenvalue weighted by Crippen LogP contribution is 2.16. The number of aromatic hydroxyl groups is 1. The molecule has 0 aliphatic heterocycles. The molecule has 3 rings (SSSR count). The van der Waals surface area contributed by atoms with Gasteiger partial charge in [-0.05, 0) is 24.3 Å². The number of nitrogens with one attached hydrogen (secondary N) is 1. The average Bonchev–Trinajstić information content (AvgIpc) is 2.90. The van der Waals surface area contributed by atoms with Crippen molar-refractivity contribution >= 4 is 11.6 Å². The molecule has 3 aromatic rings. The number of pyridine rings is 2.